The normalized spacial score (nSPS) is 11.0. The van der Waals surface area contributed by atoms with Crippen LogP contribution in [0.5, 0.6) is 23.0 Å². The first kappa shape index (κ1) is 22.2. The molecule has 3 aromatic carbocycles. The first-order chi connectivity index (χ1) is 15.1. The smallest absolute Gasteiger partial charge is 0.203 e. The minimum absolute atomic E-state index is 0.189. The summed E-state index contributed by atoms with van der Waals surface area (Å²) in [5.74, 6) is 2.07. The molecule has 0 aliphatic rings. The maximum Gasteiger partial charge on any atom is 0.203 e. The number of thiol groups is 1. The van der Waals surface area contributed by atoms with Crippen LogP contribution in [0.15, 0.2) is 71.1 Å². The summed E-state index contributed by atoms with van der Waals surface area (Å²) in [6, 6.07) is 20.7. The molecule has 0 spiro atoms. The highest BCUT2D eigenvalue weighted by Gasteiger charge is 2.19. The molecule has 1 N–H and O–H groups in total. The lowest BCUT2D eigenvalue weighted by atomic mass is 9.99. The van der Waals surface area contributed by atoms with Crippen LogP contribution in [0, 0.1) is 5.41 Å². The molecule has 3 rings (SSSR count). The van der Waals surface area contributed by atoms with Gasteiger partial charge in [0.05, 0.1) is 27.0 Å². The van der Waals surface area contributed by atoms with Gasteiger partial charge in [0, 0.05) is 11.1 Å². The van der Waals surface area contributed by atoms with E-state index >= 15 is 0 Å². The quantitative estimate of drug-likeness (QED) is 0.366. The van der Waals surface area contributed by atoms with Gasteiger partial charge < -0.3 is 18.9 Å². The van der Waals surface area contributed by atoms with E-state index < -0.39 is 0 Å². The van der Waals surface area contributed by atoms with Crippen molar-refractivity contribution in [2.75, 3.05) is 21.3 Å². The highest BCUT2D eigenvalue weighted by molar-refractivity contribution is 7.79. The SMILES string of the molecule is COc1cc(C(=NS)C(=N)c2cccc(OCc3ccccc3)c2)cc(OC)c1OC. The molecule has 0 radical (unpaired) electrons. The topological polar surface area (TPSA) is 73.1 Å². The summed E-state index contributed by atoms with van der Waals surface area (Å²) in [5.41, 5.74) is 2.88. The van der Waals surface area contributed by atoms with Crippen molar-refractivity contribution in [3.63, 3.8) is 0 Å². The van der Waals surface area contributed by atoms with E-state index in [2.05, 4.69) is 17.2 Å². The predicted octanol–water partition coefficient (Wildman–Crippen LogP) is 4.99. The van der Waals surface area contributed by atoms with Gasteiger partial charge >= 0.3 is 0 Å². The number of nitrogens with one attached hydrogen (secondary N) is 1. The molecule has 31 heavy (non-hydrogen) atoms. The molecule has 0 amide bonds. The highest BCUT2D eigenvalue weighted by Crippen LogP contribution is 2.38. The molecule has 0 aromatic heterocycles. The monoisotopic (exact) mass is 436 g/mol. The highest BCUT2D eigenvalue weighted by atomic mass is 32.1. The van der Waals surface area contributed by atoms with Gasteiger partial charge in [-0.2, -0.15) is 0 Å². The molecule has 0 heterocycles. The van der Waals surface area contributed by atoms with Crippen molar-refractivity contribution in [3.05, 3.63) is 83.4 Å². The molecule has 3 aromatic rings. The van der Waals surface area contributed by atoms with E-state index in [1.54, 1.807) is 12.1 Å². The lowest BCUT2D eigenvalue weighted by molar-refractivity contribution is 0.306. The van der Waals surface area contributed by atoms with Crippen molar-refractivity contribution in [1.29, 1.82) is 5.41 Å². The van der Waals surface area contributed by atoms with Crippen LogP contribution in [0.3, 0.4) is 0 Å². The van der Waals surface area contributed by atoms with E-state index in [0.717, 1.165) is 5.56 Å². The Hall–Kier alpha value is -3.45. The van der Waals surface area contributed by atoms with Gasteiger partial charge in [-0.1, -0.05) is 42.5 Å². The summed E-state index contributed by atoms with van der Waals surface area (Å²) in [4.78, 5) is 0. The van der Waals surface area contributed by atoms with Gasteiger partial charge in [-0.05, 0) is 42.6 Å². The van der Waals surface area contributed by atoms with E-state index in [0.29, 0.717) is 46.4 Å². The molecule has 0 atom stereocenters. The fourth-order valence-electron chi connectivity index (χ4n) is 3.09. The Balaban J connectivity index is 1.87. The second kappa shape index (κ2) is 10.5. The van der Waals surface area contributed by atoms with Gasteiger partial charge in [0.15, 0.2) is 11.5 Å². The number of rotatable bonds is 9. The number of nitrogens with zero attached hydrogens (tertiary/aromatic N) is 1. The first-order valence-corrected chi connectivity index (χ1v) is 9.89. The van der Waals surface area contributed by atoms with Gasteiger partial charge in [-0.15, -0.1) is 0 Å². The van der Waals surface area contributed by atoms with Crippen molar-refractivity contribution in [3.8, 4) is 23.0 Å². The number of hydrogen-bond donors (Lipinski definition) is 2. The van der Waals surface area contributed by atoms with Gasteiger partial charge in [0.1, 0.15) is 18.1 Å². The van der Waals surface area contributed by atoms with Crippen molar-refractivity contribution in [1.82, 2.24) is 0 Å². The van der Waals surface area contributed by atoms with E-state index in [1.165, 1.54) is 21.3 Å². The zero-order chi connectivity index (χ0) is 22.2. The Morgan fingerprint density at radius 2 is 1.52 bits per heavy atom. The van der Waals surface area contributed by atoms with E-state index in [4.69, 9.17) is 24.4 Å². The lowest BCUT2D eigenvalue weighted by Crippen LogP contribution is -2.16. The zero-order valence-corrected chi connectivity index (χ0v) is 18.5. The molecule has 0 unspecified atom stereocenters. The molecule has 0 aliphatic carbocycles. The summed E-state index contributed by atoms with van der Waals surface area (Å²) >= 11 is 4.11. The van der Waals surface area contributed by atoms with Crippen molar-refractivity contribution < 1.29 is 18.9 Å². The second-order valence-corrected chi connectivity index (χ2v) is 6.74. The summed E-state index contributed by atoms with van der Waals surface area (Å²) in [7, 11) is 4.62. The Labute approximate surface area is 187 Å². The molecular weight excluding hydrogens is 412 g/mol. The molecular formula is C24H24N2O4S. The van der Waals surface area contributed by atoms with Crippen LogP contribution >= 0.6 is 12.8 Å². The Morgan fingerprint density at radius 1 is 0.839 bits per heavy atom. The molecule has 7 heteroatoms. The predicted molar refractivity (Wildman–Crippen MR) is 126 cm³/mol. The third-order valence-electron chi connectivity index (χ3n) is 4.65. The Morgan fingerprint density at radius 3 is 2.10 bits per heavy atom. The molecule has 0 fully saturated rings. The fourth-order valence-corrected chi connectivity index (χ4v) is 3.30. The van der Waals surface area contributed by atoms with E-state index in [9.17, 15) is 0 Å². The van der Waals surface area contributed by atoms with Crippen molar-refractivity contribution >= 4 is 24.2 Å². The van der Waals surface area contributed by atoms with Crippen molar-refractivity contribution in [2.45, 2.75) is 6.61 Å². The maximum absolute atomic E-state index is 8.72. The lowest BCUT2D eigenvalue weighted by Gasteiger charge is -2.15. The van der Waals surface area contributed by atoms with Gasteiger partial charge in [0.2, 0.25) is 5.75 Å². The third-order valence-corrected chi connectivity index (χ3v) is 4.85. The molecule has 0 bridgehead atoms. The van der Waals surface area contributed by atoms with E-state index in [1.807, 2.05) is 54.6 Å². The minimum Gasteiger partial charge on any atom is -0.493 e. The van der Waals surface area contributed by atoms with Crippen LogP contribution in [0.4, 0.5) is 0 Å². The Bertz CT molecular complexity index is 1060. The standard InChI is InChI=1S/C24H24N2O4S/c1-27-20-13-18(14-21(28-2)24(20)29-3)23(26-31)22(25)17-10-7-11-19(12-17)30-15-16-8-5-4-6-9-16/h4-14,25,31H,15H2,1-3H3. The summed E-state index contributed by atoms with van der Waals surface area (Å²) in [5, 5.41) is 8.72. The van der Waals surface area contributed by atoms with Crippen LogP contribution in [-0.2, 0) is 6.61 Å². The maximum atomic E-state index is 8.72. The fraction of sp³-hybridized carbons (Fsp3) is 0.167. The van der Waals surface area contributed by atoms with Gasteiger partial charge in [-0.3, -0.25) is 5.41 Å². The van der Waals surface area contributed by atoms with Crippen LogP contribution in [0.25, 0.3) is 0 Å². The van der Waals surface area contributed by atoms with Crippen LogP contribution < -0.4 is 18.9 Å². The van der Waals surface area contributed by atoms with Gasteiger partial charge in [0.25, 0.3) is 0 Å². The average molecular weight is 437 g/mol. The molecule has 0 saturated carbocycles. The second-order valence-electron chi connectivity index (χ2n) is 6.54. The Kier molecular flexibility index (Phi) is 7.56. The minimum atomic E-state index is 0.189. The zero-order valence-electron chi connectivity index (χ0n) is 17.6. The average Bonchev–Trinajstić information content (AvgIpc) is 2.83. The summed E-state index contributed by atoms with van der Waals surface area (Å²) < 4.78 is 26.2. The molecule has 160 valence electrons. The van der Waals surface area contributed by atoms with Gasteiger partial charge in [-0.25, -0.2) is 4.40 Å². The van der Waals surface area contributed by atoms with Crippen molar-refractivity contribution in [2.24, 2.45) is 4.40 Å². The third kappa shape index (κ3) is 5.19. The first-order valence-electron chi connectivity index (χ1n) is 9.49. The molecule has 0 saturated heterocycles. The summed E-state index contributed by atoms with van der Waals surface area (Å²) in [6.07, 6.45) is 0. The van der Waals surface area contributed by atoms with Crippen LogP contribution in [-0.4, -0.2) is 32.8 Å². The number of benzene rings is 3. The molecule has 6 nitrogen and oxygen atoms in total. The van der Waals surface area contributed by atoms with Crippen LogP contribution in [0.2, 0.25) is 0 Å². The van der Waals surface area contributed by atoms with Crippen LogP contribution in [0.1, 0.15) is 16.7 Å². The number of methoxy groups -OCH3 is 3. The largest absolute Gasteiger partial charge is 0.493 e. The van der Waals surface area contributed by atoms with E-state index in [-0.39, 0.29) is 5.71 Å². The molecule has 0 aliphatic heterocycles. The number of hydrogen-bond acceptors (Lipinski definition) is 7. The summed E-state index contributed by atoms with van der Waals surface area (Å²) in [6.45, 7) is 0.442. The number of ether oxygens (including phenoxy) is 4.